The SMILES string of the molecule is Cc1[nH]ncc1C(=O)NC[C@@H]1CC[C@H](CC(=O)NC2CCOCC2)N1CC1CC1. The number of likely N-dealkylation sites (tertiary alicyclic amines) is 1. The summed E-state index contributed by atoms with van der Waals surface area (Å²) < 4.78 is 5.38. The maximum absolute atomic E-state index is 12.6. The van der Waals surface area contributed by atoms with Gasteiger partial charge < -0.3 is 15.4 Å². The number of aromatic amines is 1. The smallest absolute Gasteiger partial charge is 0.254 e. The first-order valence-electron chi connectivity index (χ1n) is 11.0. The van der Waals surface area contributed by atoms with Crippen LogP contribution in [-0.2, 0) is 9.53 Å². The van der Waals surface area contributed by atoms with Crippen molar-refractivity contribution in [2.24, 2.45) is 5.92 Å². The van der Waals surface area contributed by atoms with Crippen LogP contribution in [0.2, 0.25) is 0 Å². The summed E-state index contributed by atoms with van der Waals surface area (Å²) in [7, 11) is 0. The Balaban J connectivity index is 1.30. The molecule has 1 aromatic rings. The third kappa shape index (κ3) is 5.36. The number of aromatic nitrogens is 2. The Morgan fingerprint density at radius 1 is 1.17 bits per heavy atom. The molecule has 3 N–H and O–H groups in total. The minimum atomic E-state index is -0.0802. The van der Waals surface area contributed by atoms with Crippen LogP contribution in [0.4, 0.5) is 0 Å². The van der Waals surface area contributed by atoms with Gasteiger partial charge in [-0.2, -0.15) is 5.10 Å². The van der Waals surface area contributed by atoms with E-state index in [0.717, 1.165) is 57.1 Å². The average Bonchev–Trinajstić information content (AvgIpc) is 3.31. The van der Waals surface area contributed by atoms with Crippen LogP contribution in [0.3, 0.4) is 0 Å². The van der Waals surface area contributed by atoms with Crippen molar-refractivity contribution in [1.29, 1.82) is 0 Å². The Kier molecular flexibility index (Phi) is 6.50. The molecule has 2 aliphatic heterocycles. The highest BCUT2D eigenvalue weighted by Crippen LogP contribution is 2.35. The second-order valence-electron chi connectivity index (χ2n) is 8.80. The molecule has 2 saturated heterocycles. The van der Waals surface area contributed by atoms with E-state index in [-0.39, 0.29) is 23.9 Å². The van der Waals surface area contributed by atoms with Crippen molar-refractivity contribution in [1.82, 2.24) is 25.7 Å². The molecule has 8 nitrogen and oxygen atoms in total. The third-order valence-electron chi connectivity index (χ3n) is 6.52. The predicted molar refractivity (Wildman–Crippen MR) is 108 cm³/mol. The van der Waals surface area contributed by atoms with Crippen molar-refractivity contribution in [3.63, 3.8) is 0 Å². The van der Waals surface area contributed by atoms with Gasteiger partial charge in [-0.15, -0.1) is 0 Å². The first kappa shape index (κ1) is 20.3. The molecule has 2 atom stereocenters. The molecule has 4 rings (SSSR count). The fourth-order valence-corrected chi connectivity index (χ4v) is 4.58. The number of H-pyrrole nitrogens is 1. The fraction of sp³-hybridized carbons (Fsp3) is 0.762. The van der Waals surface area contributed by atoms with Crippen molar-refractivity contribution < 1.29 is 14.3 Å². The summed E-state index contributed by atoms with van der Waals surface area (Å²) in [5.74, 6) is 0.827. The predicted octanol–water partition coefficient (Wildman–Crippen LogP) is 1.38. The minimum Gasteiger partial charge on any atom is -0.381 e. The second kappa shape index (κ2) is 9.26. The van der Waals surface area contributed by atoms with E-state index < -0.39 is 0 Å². The van der Waals surface area contributed by atoms with Gasteiger partial charge in [-0.25, -0.2) is 0 Å². The van der Waals surface area contributed by atoms with E-state index in [4.69, 9.17) is 4.74 Å². The second-order valence-corrected chi connectivity index (χ2v) is 8.80. The molecule has 160 valence electrons. The topological polar surface area (TPSA) is 99.3 Å². The summed E-state index contributed by atoms with van der Waals surface area (Å²) in [4.78, 5) is 27.6. The summed E-state index contributed by atoms with van der Waals surface area (Å²) in [6.07, 6.45) is 8.54. The number of ether oxygens (including phenoxy) is 1. The van der Waals surface area contributed by atoms with Crippen LogP contribution in [0.15, 0.2) is 6.20 Å². The van der Waals surface area contributed by atoms with Gasteiger partial charge in [0.15, 0.2) is 0 Å². The molecule has 1 saturated carbocycles. The van der Waals surface area contributed by atoms with Gasteiger partial charge in [0.25, 0.3) is 5.91 Å². The van der Waals surface area contributed by atoms with E-state index in [0.29, 0.717) is 24.6 Å². The average molecular weight is 404 g/mol. The molecule has 0 aromatic carbocycles. The van der Waals surface area contributed by atoms with Crippen molar-refractivity contribution in [3.05, 3.63) is 17.5 Å². The number of hydrogen-bond donors (Lipinski definition) is 3. The maximum Gasteiger partial charge on any atom is 0.254 e. The highest BCUT2D eigenvalue weighted by atomic mass is 16.5. The molecule has 8 heteroatoms. The molecule has 0 unspecified atom stereocenters. The normalized spacial score (nSPS) is 25.8. The number of nitrogens with one attached hydrogen (secondary N) is 3. The number of carbonyl (C=O) groups excluding carboxylic acids is 2. The number of carbonyl (C=O) groups is 2. The summed E-state index contributed by atoms with van der Waals surface area (Å²) in [5, 5.41) is 13.0. The zero-order valence-electron chi connectivity index (χ0n) is 17.3. The number of amides is 2. The molecule has 3 fully saturated rings. The van der Waals surface area contributed by atoms with E-state index in [9.17, 15) is 9.59 Å². The van der Waals surface area contributed by atoms with E-state index in [1.165, 1.54) is 12.8 Å². The van der Waals surface area contributed by atoms with E-state index in [1.54, 1.807) is 6.20 Å². The summed E-state index contributed by atoms with van der Waals surface area (Å²) >= 11 is 0. The van der Waals surface area contributed by atoms with Gasteiger partial charge in [-0.1, -0.05) is 0 Å². The van der Waals surface area contributed by atoms with E-state index >= 15 is 0 Å². The molecule has 0 radical (unpaired) electrons. The van der Waals surface area contributed by atoms with Crippen molar-refractivity contribution in [2.75, 3.05) is 26.3 Å². The molecule has 2 amide bonds. The highest BCUT2D eigenvalue weighted by molar-refractivity contribution is 5.94. The first-order chi connectivity index (χ1) is 14.1. The Morgan fingerprint density at radius 2 is 1.93 bits per heavy atom. The molecule has 0 spiro atoms. The summed E-state index contributed by atoms with van der Waals surface area (Å²) in [5.41, 5.74) is 1.38. The third-order valence-corrected chi connectivity index (χ3v) is 6.52. The monoisotopic (exact) mass is 403 g/mol. The lowest BCUT2D eigenvalue weighted by Gasteiger charge is -2.31. The number of rotatable bonds is 8. The van der Waals surface area contributed by atoms with Gasteiger partial charge in [0.05, 0.1) is 11.8 Å². The van der Waals surface area contributed by atoms with Crippen LogP contribution in [0.5, 0.6) is 0 Å². The molecule has 29 heavy (non-hydrogen) atoms. The zero-order chi connectivity index (χ0) is 20.2. The van der Waals surface area contributed by atoms with Crippen LogP contribution in [0, 0.1) is 12.8 Å². The van der Waals surface area contributed by atoms with Gasteiger partial charge >= 0.3 is 0 Å². The molecule has 1 aliphatic carbocycles. The maximum atomic E-state index is 12.6. The van der Waals surface area contributed by atoms with Gasteiger partial charge in [-0.05, 0) is 51.4 Å². The Morgan fingerprint density at radius 3 is 2.62 bits per heavy atom. The summed E-state index contributed by atoms with van der Waals surface area (Å²) in [6.45, 7) is 4.99. The van der Waals surface area contributed by atoms with Crippen molar-refractivity contribution in [2.45, 2.75) is 70.0 Å². The van der Waals surface area contributed by atoms with E-state index in [1.807, 2.05) is 6.92 Å². The van der Waals surface area contributed by atoms with Gasteiger partial charge in [-0.3, -0.25) is 19.6 Å². The van der Waals surface area contributed by atoms with Gasteiger partial charge in [0, 0.05) is 56.5 Å². The quantitative estimate of drug-likeness (QED) is 0.609. The lowest BCUT2D eigenvalue weighted by atomic mass is 10.1. The molecular formula is C21H33N5O3. The molecule has 3 aliphatic rings. The number of nitrogens with zero attached hydrogens (tertiary/aromatic N) is 2. The zero-order valence-corrected chi connectivity index (χ0v) is 17.3. The number of hydrogen-bond acceptors (Lipinski definition) is 5. The summed E-state index contributed by atoms with van der Waals surface area (Å²) in [6, 6.07) is 0.823. The van der Waals surface area contributed by atoms with Crippen LogP contribution in [-0.4, -0.2) is 71.3 Å². The Bertz CT molecular complexity index is 711. The standard InChI is InChI=1S/C21H33N5O3/c1-14-19(12-23-25-14)21(28)22-11-18-5-4-17(26(18)13-15-2-3-15)10-20(27)24-16-6-8-29-9-7-16/h12,15-18H,2-11,13H2,1H3,(H,22,28)(H,23,25)(H,24,27)/t17-,18+/m1/s1. The molecule has 3 heterocycles. The van der Waals surface area contributed by atoms with Crippen LogP contribution >= 0.6 is 0 Å². The molecular weight excluding hydrogens is 370 g/mol. The van der Waals surface area contributed by atoms with E-state index in [2.05, 4.69) is 25.7 Å². The minimum absolute atomic E-state index is 0.0802. The number of aryl methyl sites for hydroxylation is 1. The lowest BCUT2D eigenvalue weighted by Crippen LogP contribution is -2.46. The van der Waals surface area contributed by atoms with Crippen LogP contribution in [0.1, 0.15) is 61.0 Å². The molecule has 1 aromatic heterocycles. The van der Waals surface area contributed by atoms with Crippen molar-refractivity contribution >= 4 is 11.8 Å². The van der Waals surface area contributed by atoms with Crippen LogP contribution < -0.4 is 10.6 Å². The fourth-order valence-electron chi connectivity index (χ4n) is 4.58. The Labute approximate surface area is 172 Å². The Hall–Kier alpha value is -1.93. The van der Waals surface area contributed by atoms with Crippen LogP contribution in [0.25, 0.3) is 0 Å². The van der Waals surface area contributed by atoms with Gasteiger partial charge in [0.1, 0.15) is 0 Å². The largest absolute Gasteiger partial charge is 0.381 e. The first-order valence-corrected chi connectivity index (χ1v) is 11.0. The molecule has 0 bridgehead atoms. The highest BCUT2D eigenvalue weighted by Gasteiger charge is 2.38. The van der Waals surface area contributed by atoms with Crippen molar-refractivity contribution in [3.8, 4) is 0 Å². The van der Waals surface area contributed by atoms with Gasteiger partial charge in [0.2, 0.25) is 5.91 Å². The lowest BCUT2D eigenvalue weighted by molar-refractivity contribution is -0.123.